The zero-order valence-corrected chi connectivity index (χ0v) is 14.2. The predicted octanol–water partition coefficient (Wildman–Crippen LogP) is 4.65. The minimum Gasteiger partial charge on any atom is -0.192 e. The topological polar surface area (TPSA) is 23.8 Å². The van der Waals surface area contributed by atoms with E-state index >= 15 is 0 Å². The molecule has 0 bridgehead atoms. The van der Waals surface area contributed by atoms with Crippen LogP contribution >= 0.6 is 12.6 Å². The van der Waals surface area contributed by atoms with Crippen molar-refractivity contribution in [3.8, 4) is 29.8 Å². The van der Waals surface area contributed by atoms with Gasteiger partial charge < -0.3 is 0 Å². The molecule has 3 aromatic carbocycles. The summed E-state index contributed by atoms with van der Waals surface area (Å²) in [5, 5.41) is 8.79. The molecule has 0 aliphatic carbocycles. The number of nitriles is 1. The quantitative estimate of drug-likeness (QED) is 0.469. The smallest absolute Gasteiger partial charge is 0.0991 e. The summed E-state index contributed by atoms with van der Waals surface area (Å²) in [5.41, 5.74) is 4.35. The summed E-state index contributed by atoms with van der Waals surface area (Å²) in [6, 6.07) is 24.9. The van der Waals surface area contributed by atoms with Crippen LogP contribution in [-0.2, 0) is 0 Å². The molecule has 0 unspecified atom stereocenters. The molecule has 0 spiro atoms. The highest BCUT2D eigenvalue weighted by molar-refractivity contribution is 7.80. The molecule has 0 aliphatic rings. The van der Waals surface area contributed by atoms with Gasteiger partial charge in [-0.05, 0) is 72.8 Å². The van der Waals surface area contributed by atoms with Crippen LogP contribution in [0.3, 0.4) is 0 Å². The molecule has 0 aromatic heterocycles. The van der Waals surface area contributed by atoms with E-state index < -0.39 is 0 Å². The molecule has 25 heavy (non-hydrogen) atoms. The number of hydrogen-bond donors (Lipinski definition) is 1. The van der Waals surface area contributed by atoms with Crippen molar-refractivity contribution in [3.63, 3.8) is 0 Å². The third-order valence-electron chi connectivity index (χ3n) is 3.47. The molecule has 0 N–H and O–H groups in total. The largest absolute Gasteiger partial charge is 0.192 e. The number of hydrogen-bond acceptors (Lipinski definition) is 2. The highest BCUT2D eigenvalue weighted by atomic mass is 32.1. The monoisotopic (exact) mass is 335 g/mol. The van der Waals surface area contributed by atoms with Gasteiger partial charge in [0, 0.05) is 27.1 Å². The Morgan fingerprint density at radius 2 is 0.760 bits per heavy atom. The van der Waals surface area contributed by atoms with E-state index in [0.717, 1.165) is 27.1 Å². The van der Waals surface area contributed by atoms with Crippen LogP contribution in [0.25, 0.3) is 0 Å². The number of nitrogens with zero attached hydrogens (tertiary/aromatic N) is 1. The van der Waals surface area contributed by atoms with Crippen LogP contribution < -0.4 is 0 Å². The first kappa shape index (κ1) is 16.5. The Morgan fingerprint density at radius 3 is 1.08 bits per heavy atom. The molecule has 0 radical (unpaired) electrons. The molecule has 116 valence electrons. The van der Waals surface area contributed by atoms with Gasteiger partial charge in [0.2, 0.25) is 0 Å². The summed E-state index contributed by atoms with van der Waals surface area (Å²) in [6.45, 7) is 0. The maximum atomic E-state index is 8.79. The highest BCUT2D eigenvalue weighted by Gasteiger charge is 1.92. The van der Waals surface area contributed by atoms with E-state index in [1.54, 1.807) is 12.1 Å². The molecule has 3 aromatic rings. The van der Waals surface area contributed by atoms with Crippen molar-refractivity contribution in [2.75, 3.05) is 0 Å². The van der Waals surface area contributed by atoms with Crippen LogP contribution in [0.15, 0.2) is 77.7 Å². The first-order valence-electron chi connectivity index (χ1n) is 7.66. The zero-order chi connectivity index (χ0) is 17.5. The third-order valence-corrected chi connectivity index (χ3v) is 3.77. The summed E-state index contributed by atoms with van der Waals surface area (Å²) >= 11 is 4.26. The van der Waals surface area contributed by atoms with Crippen LogP contribution in [0, 0.1) is 35.0 Å². The Hall–Kier alpha value is -3.38. The Balaban J connectivity index is 1.71. The lowest BCUT2D eigenvalue weighted by molar-refractivity contribution is 1.46. The standard InChI is InChI=1S/C23H13NS/c24-17-22-11-9-20(10-12-22)6-5-18-1-3-19(4-2-18)7-8-21-13-15-23(25)16-14-21/h1-4,9-16,25H. The van der Waals surface area contributed by atoms with Crippen LogP contribution in [0.1, 0.15) is 27.8 Å². The molecule has 1 nitrogen and oxygen atoms in total. The van der Waals surface area contributed by atoms with Crippen molar-refractivity contribution in [3.05, 3.63) is 101 Å². The average molecular weight is 335 g/mol. The Morgan fingerprint density at radius 1 is 0.480 bits per heavy atom. The second kappa shape index (κ2) is 7.94. The summed E-state index contributed by atoms with van der Waals surface area (Å²) in [5.74, 6) is 12.5. The van der Waals surface area contributed by atoms with Crippen molar-refractivity contribution in [1.82, 2.24) is 0 Å². The summed E-state index contributed by atoms with van der Waals surface area (Å²) < 4.78 is 0. The van der Waals surface area contributed by atoms with Crippen LogP contribution in [-0.4, -0.2) is 0 Å². The van der Waals surface area contributed by atoms with E-state index in [0.29, 0.717) is 5.56 Å². The summed E-state index contributed by atoms with van der Waals surface area (Å²) in [7, 11) is 0. The first-order valence-corrected chi connectivity index (χ1v) is 8.11. The molecule has 0 aliphatic heterocycles. The van der Waals surface area contributed by atoms with E-state index in [1.807, 2.05) is 60.7 Å². The minimum atomic E-state index is 0.637. The molecule has 0 heterocycles. The van der Waals surface area contributed by atoms with E-state index in [2.05, 4.69) is 42.4 Å². The SMILES string of the molecule is N#Cc1ccc(C#Cc2ccc(C#Cc3ccc(S)cc3)cc2)cc1. The van der Waals surface area contributed by atoms with Gasteiger partial charge in [0.25, 0.3) is 0 Å². The number of benzene rings is 3. The van der Waals surface area contributed by atoms with Gasteiger partial charge in [-0.25, -0.2) is 0 Å². The van der Waals surface area contributed by atoms with Gasteiger partial charge in [-0.3, -0.25) is 0 Å². The molecule has 2 heteroatoms. The molecule has 3 rings (SSSR count). The minimum absolute atomic E-state index is 0.637. The van der Waals surface area contributed by atoms with Crippen molar-refractivity contribution in [2.24, 2.45) is 0 Å². The number of thiol groups is 1. The first-order chi connectivity index (χ1) is 12.2. The lowest BCUT2D eigenvalue weighted by Gasteiger charge is -1.94. The molecular weight excluding hydrogens is 322 g/mol. The second-order valence-corrected chi connectivity index (χ2v) is 5.83. The lowest BCUT2D eigenvalue weighted by Crippen LogP contribution is -1.80. The lowest BCUT2D eigenvalue weighted by atomic mass is 10.1. The van der Waals surface area contributed by atoms with Crippen LogP contribution in [0.5, 0.6) is 0 Å². The van der Waals surface area contributed by atoms with Crippen molar-refractivity contribution in [1.29, 1.82) is 5.26 Å². The van der Waals surface area contributed by atoms with Gasteiger partial charge in [0.15, 0.2) is 0 Å². The zero-order valence-electron chi connectivity index (χ0n) is 13.3. The van der Waals surface area contributed by atoms with Gasteiger partial charge >= 0.3 is 0 Å². The van der Waals surface area contributed by atoms with Crippen molar-refractivity contribution in [2.45, 2.75) is 4.90 Å². The van der Waals surface area contributed by atoms with E-state index in [-0.39, 0.29) is 0 Å². The van der Waals surface area contributed by atoms with Gasteiger partial charge in [-0.1, -0.05) is 23.7 Å². The van der Waals surface area contributed by atoms with Crippen LogP contribution in [0.2, 0.25) is 0 Å². The van der Waals surface area contributed by atoms with E-state index in [9.17, 15) is 0 Å². The van der Waals surface area contributed by atoms with E-state index in [4.69, 9.17) is 5.26 Å². The third kappa shape index (κ3) is 4.79. The average Bonchev–Trinajstić information content (AvgIpc) is 2.67. The van der Waals surface area contributed by atoms with Crippen LogP contribution in [0.4, 0.5) is 0 Å². The Labute approximate surface area is 153 Å². The molecule has 0 fully saturated rings. The van der Waals surface area contributed by atoms with Crippen molar-refractivity contribution >= 4 is 12.6 Å². The molecular formula is C23H13NS. The maximum Gasteiger partial charge on any atom is 0.0991 e. The Kier molecular flexibility index (Phi) is 5.23. The fourth-order valence-corrected chi connectivity index (χ4v) is 2.25. The van der Waals surface area contributed by atoms with Crippen molar-refractivity contribution < 1.29 is 0 Å². The molecule has 0 amide bonds. The normalized spacial score (nSPS) is 9.12. The fourth-order valence-electron chi connectivity index (χ4n) is 2.10. The molecule has 0 saturated heterocycles. The summed E-state index contributed by atoms with van der Waals surface area (Å²) in [4.78, 5) is 0.927. The summed E-state index contributed by atoms with van der Waals surface area (Å²) in [6.07, 6.45) is 0. The number of rotatable bonds is 0. The van der Waals surface area contributed by atoms with E-state index in [1.165, 1.54) is 0 Å². The highest BCUT2D eigenvalue weighted by Crippen LogP contribution is 2.08. The predicted molar refractivity (Wildman–Crippen MR) is 103 cm³/mol. The molecule has 0 saturated carbocycles. The fraction of sp³-hybridized carbons (Fsp3) is 0. The Bertz CT molecular complexity index is 1030. The van der Waals surface area contributed by atoms with Gasteiger partial charge in [0.05, 0.1) is 11.6 Å². The maximum absolute atomic E-state index is 8.79. The second-order valence-electron chi connectivity index (χ2n) is 5.31. The van der Waals surface area contributed by atoms with Gasteiger partial charge in [0.1, 0.15) is 0 Å². The van der Waals surface area contributed by atoms with Gasteiger partial charge in [-0.2, -0.15) is 5.26 Å². The molecule has 0 atom stereocenters. The van der Waals surface area contributed by atoms with Gasteiger partial charge in [-0.15, -0.1) is 12.6 Å².